The fourth-order valence-electron chi connectivity index (χ4n) is 10.3. The minimum Gasteiger partial charge on any atom is -0.462 e. The zero-order chi connectivity index (χ0) is 56.4. The van der Waals surface area contributed by atoms with E-state index in [0.29, 0.717) is 19.3 Å². The number of carbonyl (C=O) groups is 3. The molecule has 0 heterocycles. The molecule has 0 aliphatic rings. The minimum absolute atomic E-state index is 0.0803. The third-order valence-electron chi connectivity index (χ3n) is 15.5. The highest BCUT2D eigenvalue weighted by Gasteiger charge is 2.19. The minimum atomic E-state index is -0.785. The molecule has 0 aliphatic carbocycles. The summed E-state index contributed by atoms with van der Waals surface area (Å²) in [6.45, 7) is 6.56. The number of rotatable bonds is 64. The molecule has 0 bridgehead atoms. The molecule has 0 fully saturated rings. The predicted molar refractivity (Wildman–Crippen MR) is 339 cm³/mol. The van der Waals surface area contributed by atoms with Crippen molar-refractivity contribution in [3.05, 3.63) is 48.6 Å². The smallest absolute Gasteiger partial charge is 0.306 e. The number of carbonyl (C=O) groups excluding carboxylic acids is 3. The Morgan fingerprint density at radius 1 is 0.256 bits per heavy atom. The van der Waals surface area contributed by atoms with Crippen LogP contribution in [-0.4, -0.2) is 37.2 Å². The number of allylic oxidation sites excluding steroid dienone is 8. The number of ether oxygens (including phenoxy) is 3. The summed E-state index contributed by atoms with van der Waals surface area (Å²) in [6, 6.07) is 0. The van der Waals surface area contributed by atoms with Crippen molar-refractivity contribution < 1.29 is 28.6 Å². The molecule has 0 aliphatic heterocycles. The lowest BCUT2D eigenvalue weighted by atomic mass is 10.0. The molecule has 0 saturated carbocycles. The zero-order valence-corrected chi connectivity index (χ0v) is 52.5. The molecule has 1 unspecified atom stereocenters. The molecular weight excluding hydrogens is 961 g/mol. The maximum absolute atomic E-state index is 12.9. The van der Waals surface area contributed by atoms with Gasteiger partial charge in [0.25, 0.3) is 0 Å². The van der Waals surface area contributed by atoms with Gasteiger partial charge in [-0.15, -0.1) is 0 Å². The first-order valence-electron chi connectivity index (χ1n) is 34.6. The summed E-state index contributed by atoms with van der Waals surface area (Å²) in [5.74, 6) is -0.891. The van der Waals surface area contributed by atoms with E-state index in [0.717, 1.165) is 109 Å². The van der Waals surface area contributed by atoms with Gasteiger partial charge in [-0.3, -0.25) is 14.4 Å². The number of esters is 3. The van der Waals surface area contributed by atoms with Gasteiger partial charge in [0.1, 0.15) is 13.2 Å². The van der Waals surface area contributed by atoms with Gasteiger partial charge in [-0.05, 0) is 70.6 Å². The molecule has 0 aromatic heterocycles. The third kappa shape index (κ3) is 64.2. The molecular formula is C72H132O6. The van der Waals surface area contributed by atoms with Crippen molar-refractivity contribution >= 4 is 17.9 Å². The summed E-state index contributed by atoms with van der Waals surface area (Å²) in [5, 5.41) is 0. The third-order valence-corrected chi connectivity index (χ3v) is 15.5. The van der Waals surface area contributed by atoms with Crippen LogP contribution in [0, 0.1) is 0 Å². The van der Waals surface area contributed by atoms with Crippen molar-refractivity contribution in [1.29, 1.82) is 0 Å². The van der Waals surface area contributed by atoms with Crippen molar-refractivity contribution in [2.75, 3.05) is 13.2 Å². The molecule has 78 heavy (non-hydrogen) atoms. The van der Waals surface area contributed by atoms with E-state index in [9.17, 15) is 14.4 Å². The standard InChI is InChI=1S/C72H132O6/c1-4-7-10-13-16-19-22-25-27-28-29-30-31-32-33-34-35-36-37-38-39-40-41-42-43-44-45-48-50-53-56-59-62-65-71(74)77-68-69(67-76-70(73)64-61-58-55-52-49-46-24-21-18-15-12-9-6-3)78-72(75)66-63-60-57-54-51-47-26-23-20-17-14-11-8-5-2/h12,14-15,17,21,23-24,26,69H,4-11,13,16,18-20,22,25,27-68H2,1-3H3/b15-12-,17-14-,24-21-,26-23-. The predicted octanol–water partition coefficient (Wildman–Crippen LogP) is 23.7. The Bertz CT molecular complexity index is 1350. The molecule has 0 rings (SSSR count). The van der Waals surface area contributed by atoms with Gasteiger partial charge in [0.05, 0.1) is 0 Å². The molecule has 0 amide bonds. The van der Waals surface area contributed by atoms with E-state index in [-0.39, 0.29) is 31.1 Å². The Morgan fingerprint density at radius 2 is 0.500 bits per heavy atom. The lowest BCUT2D eigenvalue weighted by Gasteiger charge is -2.18. The summed E-state index contributed by atoms with van der Waals surface area (Å²) >= 11 is 0. The van der Waals surface area contributed by atoms with Crippen LogP contribution in [0.25, 0.3) is 0 Å². The van der Waals surface area contributed by atoms with Gasteiger partial charge in [-0.2, -0.15) is 0 Å². The van der Waals surface area contributed by atoms with Crippen molar-refractivity contribution in [3.63, 3.8) is 0 Å². The quantitative estimate of drug-likeness (QED) is 0.0261. The lowest BCUT2D eigenvalue weighted by molar-refractivity contribution is -0.167. The lowest BCUT2D eigenvalue weighted by Crippen LogP contribution is -2.30. The first-order valence-corrected chi connectivity index (χ1v) is 34.6. The molecule has 456 valence electrons. The number of unbranched alkanes of at least 4 members (excludes halogenated alkanes) is 45. The SMILES string of the molecule is CCC/C=C\C/C=C\CCCCCCCC(=O)OCC(COC(=O)CCCCCCCCCCCCCCCCCCCCCCCCCCCCCCCCCCC)OC(=O)CCCCCCC/C=C\C/C=C\CCCC. The summed E-state index contributed by atoms with van der Waals surface area (Å²) in [7, 11) is 0. The molecule has 6 nitrogen and oxygen atoms in total. The van der Waals surface area contributed by atoms with Crippen LogP contribution in [0.15, 0.2) is 48.6 Å². The van der Waals surface area contributed by atoms with Gasteiger partial charge in [0.2, 0.25) is 0 Å². The van der Waals surface area contributed by atoms with Gasteiger partial charge >= 0.3 is 17.9 Å². The van der Waals surface area contributed by atoms with E-state index in [1.165, 1.54) is 225 Å². The van der Waals surface area contributed by atoms with Crippen LogP contribution >= 0.6 is 0 Å². The second-order valence-corrected chi connectivity index (χ2v) is 23.4. The van der Waals surface area contributed by atoms with E-state index in [1.807, 2.05) is 0 Å². The highest BCUT2D eigenvalue weighted by molar-refractivity contribution is 5.71. The summed E-state index contributed by atoms with van der Waals surface area (Å²) in [5.41, 5.74) is 0. The molecule has 1 atom stereocenters. The van der Waals surface area contributed by atoms with Gasteiger partial charge in [-0.1, -0.05) is 333 Å². The second-order valence-electron chi connectivity index (χ2n) is 23.4. The molecule has 0 spiro atoms. The fourth-order valence-corrected chi connectivity index (χ4v) is 10.3. The first kappa shape index (κ1) is 75.4. The van der Waals surface area contributed by atoms with Crippen LogP contribution in [0.4, 0.5) is 0 Å². The topological polar surface area (TPSA) is 78.9 Å². The maximum Gasteiger partial charge on any atom is 0.306 e. The molecule has 0 N–H and O–H groups in total. The first-order chi connectivity index (χ1) is 38.5. The van der Waals surface area contributed by atoms with Gasteiger partial charge in [0.15, 0.2) is 6.10 Å². The van der Waals surface area contributed by atoms with Gasteiger partial charge in [-0.25, -0.2) is 0 Å². The van der Waals surface area contributed by atoms with Crippen LogP contribution in [-0.2, 0) is 28.6 Å². The van der Waals surface area contributed by atoms with E-state index >= 15 is 0 Å². The number of hydrogen-bond donors (Lipinski definition) is 0. The van der Waals surface area contributed by atoms with Crippen LogP contribution < -0.4 is 0 Å². The van der Waals surface area contributed by atoms with E-state index in [1.54, 1.807) is 0 Å². The van der Waals surface area contributed by atoms with Crippen molar-refractivity contribution in [1.82, 2.24) is 0 Å². The van der Waals surface area contributed by atoms with Crippen molar-refractivity contribution in [3.8, 4) is 0 Å². The van der Waals surface area contributed by atoms with Crippen LogP contribution in [0.2, 0.25) is 0 Å². The Labute approximate surface area is 486 Å². The molecule has 6 heteroatoms. The fraction of sp³-hybridized carbons (Fsp3) is 0.847. The van der Waals surface area contributed by atoms with E-state index in [2.05, 4.69) is 69.4 Å². The van der Waals surface area contributed by atoms with Crippen molar-refractivity contribution in [2.45, 2.75) is 380 Å². The van der Waals surface area contributed by atoms with Gasteiger partial charge in [0, 0.05) is 19.3 Å². The van der Waals surface area contributed by atoms with E-state index in [4.69, 9.17) is 14.2 Å². The summed E-state index contributed by atoms with van der Waals surface area (Å²) < 4.78 is 16.9. The molecule has 0 aromatic rings. The largest absolute Gasteiger partial charge is 0.462 e. The molecule has 0 saturated heterocycles. The van der Waals surface area contributed by atoms with Gasteiger partial charge < -0.3 is 14.2 Å². The highest BCUT2D eigenvalue weighted by atomic mass is 16.6. The Morgan fingerprint density at radius 3 is 0.795 bits per heavy atom. The van der Waals surface area contributed by atoms with Crippen LogP contribution in [0.3, 0.4) is 0 Å². The average molecular weight is 1090 g/mol. The van der Waals surface area contributed by atoms with Crippen LogP contribution in [0.5, 0.6) is 0 Å². The molecule has 0 radical (unpaired) electrons. The Hall–Kier alpha value is -2.63. The summed E-state index contributed by atoms with van der Waals surface area (Å²) in [4.78, 5) is 38.3. The maximum atomic E-state index is 12.9. The Kier molecular flexibility index (Phi) is 64.6. The highest BCUT2D eigenvalue weighted by Crippen LogP contribution is 2.18. The van der Waals surface area contributed by atoms with Crippen molar-refractivity contribution in [2.24, 2.45) is 0 Å². The number of hydrogen-bond acceptors (Lipinski definition) is 6. The average Bonchev–Trinajstić information content (AvgIpc) is 3.44. The zero-order valence-electron chi connectivity index (χ0n) is 52.5. The normalized spacial score (nSPS) is 12.3. The Balaban J connectivity index is 4.07. The molecule has 0 aromatic carbocycles. The van der Waals surface area contributed by atoms with Crippen LogP contribution in [0.1, 0.15) is 374 Å². The second kappa shape index (κ2) is 66.9. The monoisotopic (exact) mass is 1090 g/mol. The van der Waals surface area contributed by atoms with E-state index < -0.39 is 6.10 Å². The summed E-state index contributed by atoms with van der Waals surface area (Å²) in [6.07, 6.45) is 84.5.